The molecule has 0 spiro atoms. The van der Waals surface area contributed by atoms with E-state index in [0.29, 0.717) is 22.8 Å². The van der Waals surface area contributed by atoms with Gasteiger partial charge in [0.15, 0.2) is 0 Å². The number of fused-ring (bicyclic) bond motifs is 1. The van der Waals surface area contributed by atoms with Gasteiger partial charge in [-0.2, -0.15) is 5.10 Å². The van der Waals surface area contributed by atoms with Crippen molar-refractivity contribution in [1.82, 2.24) is 9.78 Å². The van der Waals surface area contributed by atoms with Gasteiger partial charge in [0.25, 0.3) is 0 Å². The van der Waals surface area contributed by atoms with Crippen molar-refractivity contribution in [2.24, 2.45) is 7.05 Å². The average molecular weight is 264 g/mol. The van der Waals surface area contributed by atoms with E-state index in [1.165, 1.54) is 0 Å². The fourth-order valence-corrected chi connectivity index (χ4v) is 3.12. The molecule has 4 nitrogen and oxygen atoms in total. The zero-order chi connectivity index (χ0) is 12.9. The van der Waals surface area contributed by atoms with Crippen molar-refractivity contribution in [1.29, 1.82) is 0 Å². The van der Waals surface area contributed by atoms with E-state index in [1.54, 1.807) is 24.0 Å². The molecular formula is C13H14ClN3O. The minimum atomic E-state index is -1.06. The lowest BCUT2D eigenvalue weighted by Gasteiger charge is -2.25. The molecule has 1 heterocycles. The van der Waals surface area contributed by atoms with Crippen molar-refractivity contribution in [3.63, 3.8) is 0 Å². The van der Waals surface area contributed by atoms with Crippen molar-refractivity contribution in [2.75, 3.05) is 5.73 Å². The van der Waals surface area contributed by atoms with Gasteiger partial charge in [-0.15, -0.1) is 0 Å². The first-order valence-corrected chi connectivity index (χ1v) is 6.19. The number of hydrogen-bond acceptors (Lipinski definition) is 3. The number of nitrogens with two attached hydrogens (primary N) is 1. The molecule has 0 aliphatic heterocycles. The second-order valence-electron chi connectivity index (χ2n) is 4.74. The molecule has 2 aromatic rings. The third-order valence-corrected chi connectivity index (χ3v) is 3.89. The van der Waals surface area contributed by atoms with Crippen molar-refractivity contribution in [3.05, 3.63) is 46.2 Å². The van der Waals surface area contributed by atoms with Gasteiger partial charge in [0.05, 0.1) is 16.9 Å². The maximum atomic E-state index is 11.0. The van der Waals surface area contributed by atoms with Gasteiger partial charge in [-0.1, -0.05) is 17.7 Å². The second kappa shape index (κ2) is 3.73. The summed E-state index contributed by atoms with van der Waals surface area (Å²) in [6.07, 6.45) is 2.95. The lowest BCUT2D eigenvalue weighted by molar-refractivity contribution is 0.0741. The summed E-state index contributed by atoms with van der Waals surface area (Å²) in [6.45, 7) is 0. The number of nitrogens with zero attached hydrogens (tertiary/aromatic N) is 2. The number of hydrogen-bond donors (Lipinski definition) is 2. The normalized spacial score (nSPS) is 22.2. The quantitative estimate of drug-likeness (QED) is 0.772. The van der Waals surface area contributed by atoms with Crippen LogP contribution in [0, 0.1) is 0 Å². The molecule has 1 atom stereocenters. The lowest BCUT2D eigenvalue weighted by Crippen LogP contribution is -2.27. The largest absolute Gasteiger partial charge is 0.399 e. The van der Waals surface area contributed by atoms with Crippen LogP contribution in [0.1, 0.15) is 23.2 Å². The molecule has 1 aliphatic carbocycles. The molecule has 0 saturated heterocycles. The molecule has 0 saturated carbocycles. The first kappa shape index (κ1) is 11.6. The van der Waals surface area contributed by atoms with E-state index in [4.69, 9.17) is 17.3 Å². The predicted molar refractivity (Wildman–Crippen MR) is 70.4 cm³/mol. The van der Waals surface area contributed by atoms with Crippen molar-refractivity contribution < 1.29 is 5.11 Å². The smallest absolute Gasteiger partial charge is 0.133 e. The SMILES string of the molecule is Cn1ncc(Cl)c1C1(O)CCc2cc(N)ccc21. The first-order chi connectivity index (χ1) is 8.52. The Morgan fingerprint density at radius 3 is 2.94 bits per heavy atom. The van der Waals surface area contributed by atoms with E-state index in [9.17, 15) is 5.11 Å². The number of aryl methyl sites for hydroxylation is 2. The molecule has 1 aromatic carbocycles. The van der Waals surface area contributed by atoms with E-state index in [0.717, 1.165) is 17.5 Å². The monoisotopic (exact) mass is 263 g/mol. The minimum Gasteiger partial charge on any atom is -0.399 e. The summed E-state index contributed by atoms with van der Waals surface area (Å²) >= 11 is 6.14. The van der Waals surface area contributed by atoms with Crippen molar-refractivity contribution >= 4 is 17.3 Å². The van der Waals surface area contributed by atoms with Gasteiger partial charge in [-0.05, 0) is 36.1 Å². The van der Waals surface area contributed by atoms with Crippen LogP contribution in [0.3, 0.4) is 0 Å². The Kier molecular flexibility index (Phi) is 2.40. The third kappa shape index (κ3) is 1.46. The van der Waals surface area contributed by atoms with Crippen LogP contribution in [-0.2, 0) is 19.1 Å². The Balaban J connectivity index is 2.20. The van der Waals surface area contributed by atoms with Crippen LogP contribution >= 0.6 is 11.6 Å². The summed E-state index contributed by atoms with van der Waals surface area (Å²) in [5.74, 6) is 0. The van der Waals surface area contributed by atoms with E-state index in [1.807, 2.05) is 12.1 Å². The van der Waals surface area contributed by atoms with Gasteiger partial charge < -0.3 is 10.8 Å². The summed E-state index contributed by atoms with van der Waals surface area (Å²) in [5.41, 5.74) is 8.03. The highest BCUT2D eigenvalue weighted by Crippen LogP contribution is 2.44. The molecule has 18 heavy (non-hydrogen) atoms. The first-order valence-electron chi connectivity index (χ1n) is 5.81. The van der Waals surface area contributed by atoms with Gasteiger partial charge in [-0.3, -0.25) is 4.68 Å². The van der Waals surface area contributed by atoms with Gasteiger partial charge >= 0.3 is 0 Å². The molecule has 0 amide bonds. The number of aliphatic hydroxyl groups is 1. The van der Waals surface area contributed by atoms with Crippen LogP contribution in [0.2, 0.25) is 5.02 Å². The van der Waals surface area contributed by atoms with Crippen molar-refractivity contribution in [2.45, 2.75) is 18.4 Å². The van der Waals surface area contributed by atoms with Crippen LogP contribution in [0.5, 0.6) is 0 Å². The maximum absolute atomic E-state index is 11.0. The zero-order valence-electron chi connectivity index (χ0n) is 10.0. The van der Waals surface area contributed by atoms with Gasteiger partial charge in [0.2, 0.25) is 0 Å². The molecule has 5 heteroatoms. The zero-order valence-corrected chi connectivity index (χ0v) is 10.8. The van der Waals surface area contributed by atoms with E-state index in [-0.39, 0.29) is 0 Å². The standard InChI is InChI=1S/C13H14ClN3O/c1-17-12(11(14)7-16-17)13(18)5-4-8-6-9(15)2-3-10(8)13/h2-3,6-7,18H,4-5,15H2,1H3. The second-order valence-corrected chi connectivity index (χ2v) is 5.15. The maximum Gasteiger partial charge on any atom is 0.133 e. The number of anilines is 1. The summed E-state index contributed by atoms with van der Waals surface area (Å²) in [7, 11) is 1.79. The van der Waals surface area contributed by atoms with Crippen LogP contribution in [0.25, 0.3) is 0 Å². The molecular weight excluding hydrogens is 250 g/mol. The molecule has 94 valence electrons. The van der Waals surface area contributed by atoms with Crippen molar-refractivity contribution in [3.8, 4) is 0 Å². The topological polar surface area (TPSA) is 64.1 Å². The van der Waals surface area contributed by atoms with Gasteiger partial charge in [-0.25, -0.2) is 0 Å². The van der Waals surface area contributed by atoms with Crippen LogP contribution < -0.4 is 5.73 Å². The fraction of sp³-hybridized carbons (Fsp3) is 0.308. The Morgan fingerprint density at radius 1 is 1.50 bits per heavy atom. The van der Waals surface area contributed by atoms with E-state index in [2.05, 4.69) is 5.10 Å². The number of halogens is 1. The Bertz CT molecular complexity index is 603. The number of rotatable bonds is 1. The summed E-state index contributed by atoms with van der Waals surface area (Å²) in [6, 6.07) is 5.60. The Labute approximate surface area is 110 Å². The Morgan fingerprint density at radius 2 is 2.28 bits per heavy atom. The average Bonchev–Trinajstić information content (AvgIpc) is 2.81. The molecule has 0 fully saturated rings. The number of aromatic nitrogens is 2. The van der Waals surface area contributed by atoms with Crippen LogP contribution in [0.4, 0.5) is 5.69 Å². The molecule has 1 aliphatic rings. The molecule has 3 rings (SSSR count). The van der Waals surface area contributed by atoms with E-state index < -0.39 is 5.60 Å². The molecule has 1 aromatic heterocycles. The summed E-state index contributed by atoms with van der Waals surface area (Å²) < 4.78 is 1.63. The van der Waals surface area contributed by atoms with Gasteiger partial charge in [0, 0.05) is 12.7 Å². The lowest BCUT2D eigenvalue weighted by atomic mass is 9.92. The predicted octanol–water partition coefficient (Wildman–Crippen LogP) is 1.84. The van der Waals surface area contributed by atoms with Gasteiger partial charge in [0.1, 0.15) is 5.60 Å². The molecule has 3 N–H and O–H groups in total. The van der Waals surface area contributed by atoms with E-state index >= 15 is 0 Å². The summed E-state index contributed by atoms with van der Waals surface area (Å²) in [4.78, 5) is 0. The third-order valence-electron chi connectivity index (χ3n) is 3.62. The Hall–Kier alpha value is -1.52. The summed E-state index contributed by atoms with van der Waals surface area (Å²) in [5, 5.41) is 15.6. The fourth-order valence-electron chi connectivity index (χ4n) is 2.80. The highest BCUT2D eigenvalue weighted by molar-refractivity contribution is 6.31. The minimum absolute atomic E-state index is 0.490. The molecule has 0 bridgehead atoms. The molecule has 1 unspecified atom stereocenters. The highest BCUT2D eigenvalue weighted by Gasteiger charge is 2.42. The van der Waals surface area contributed by atoms with Crippen LogP contribution in [-0.4, -0.2) is 14.9 Å². The number of nitrogen functional groups attached to an aromatic ring is 1. The molecule has 0 radical (unpaired) electrons. The number of benzene rings is 1. The highest BCUT2D eigenvalue weighted by atomic mass is 35.5. The van der Waals surface area contributed by atoms with Crippen LogP contribution in [0.15, 0.2) is 24.4 Å².